The molecule has 2 rings (SSSR count). The van der Waals surface area contributed by atoms with Crippen molar-refractivity contribution in [3.8, 4) is 0 Å². The van der Waals surface area contributed by atoms with E-state index in [1.807, 2.05) is 13.2 Å². The molecule has 0 atom stereocenters. The Morgan fingerprint density at radius 1 is 1.70 bits per heavy atom. The molecule has 0 saturated heterocycles. The molecule has 0 amide bonds. The summed E-state index contributed by atoms with van der Waals surface area (Å²) in [5.41, 5.74) is 6.66. The van der Waals surface area contributed by atoms with Gasteiger partial charge < -0.3 is 5.73 Å². The molecule has 0 spiro atoms. The van der Waals surface area contributed by atoms with Gasteiger partial charge in [0.05, 0.1) is 5.54 Å². The van der Waals surface area contributed by atoms with E-state index in [1.54, 1.807) is 4.68 Å². The molecule has 0 bridgehead atoms. The van der Waals surface area contributed by atoms with E-state index in [0.717, 1.165) is 18.5 Å². The van der Waals surface area contributed by atoms with Crippen LogP contribution in [0.15, 0.2) is 6.20 Å². The second-order valence-corrected chi connectivity index (χ2v) is 2.93. The van der Waals surface area contributed by atoms with Crippen molar-refractivity contribution >= 4 is 0 Å². The van der Waals surface area contributed by atoms with Gasteiger partial charge in [-0.25, -0.2) is 0 Å². The second kappa shape index (κ2) is 1.58. The highest BCUT2D eigenvalue weighted by molar-refractivity contribution is 5.17. The minimum absolute atomic E-state index is 0.131. The Morgan fingerprint density at radius 2 is 2.40 bits per heavy atom. The Bertz CT molecular complexity index is 248. The van der Waals surface area contributed by atoms with Crippen LogP contribution >= 0.6 is 0 Å². The number of hydrogen-bond donors (Lipinski definition) is 1. The Hall–Kier alpha value is -0.900. The quantitative estimate of drug-likeness (QED) is 0.582. The van der Waals surface area contributed by atoms with E-state index in [2.05, 4.69) is 10.3 Å². The summed E-state index contributed by atoms with van der Waals surface area (Å²) in [5, 5.41) is 7.75. The van der Waals surface area contributed by atoms with Crippen LogP contribution in [-0.4, -0.2) is 15.0 Å². The molecule has 54 valence electrons. The monoisotopic (exact) mass is 138 g/mol. The largest absolute Gasteiger partial charge is 0.320 e. The number of nitrogens with two attached hydrogens (primary N) is 1. The number of hydrogen-bond acceptors (Lipinski definition) is 3. The zero-order valence-corrected chi connectivity index (χ0v) is 5.91. The summed E-state index contributed by atoms with van der Waals surface area (Å²) in [6.07, 6.45) is 3.98. The third-order valence-corrected chi connectivity index (χ3v) is 1.90. The van der Waals surface area contributed by atoms with Gasteiger partial charge in [0.25, 0.3) is 0 Å². The molecule has 10 heavy (non-hydrogen) atoms. The Morgan fingerprint density at radius 3 is 2.80 bits per heavy atom. The molecule has 1 fully saturated rings. The van der Waals surface area contributed by atoms with Gasteiger partial charge >= 0.3 is 0 Å². The molecule has 4 nitrogen and oxygen atoms in total. The van der Waals surface area contributed by atoms with E-state index in [0.29, 0.717) is 0 Å². The van der Waals surface area contributed by atoms with Crippen LogP contribution in [0, 0.1) is 0 Å². The van der Waals surface area contributed by atoms with Crippen molar-refractivity contribution < 1.29 is 0 Å². The van der Waals surface area contributed by atoms with Crippen LogP contribution in [-0.2, 0) is 12.6 Å². The summed E-state index contributed by atoms with van der Waals surface area (Å²) in [6.45, 7) is 0. The first-order valence-electron chi connectivity index (χ1n) is 3.36. The predicted octanol–water partition coefficient (Wildman–Crippen LogP) is -0.237. The lowest BCUT2D eigenvalue weighted by Gasteiger charge is -1.99. The average Bonchev–Trinajstić information content (AvgIpc) is 2.45. The summed E-state index contributed by atoms with van der Waals surface area (Å²) >= 11 is 0. The molecule has 0 aliphatic heterocycles. The predicted molar refractivity (Wildman–Crippen MR) is 36.1 cm³/mol. The van der Waals surface area contributed by atoms with Crippen molar-refractivity contribution in [2.24, 2.45) is 12.8 Å². The van der Waals surface area contributed by atoms with Gasteiger partial charge in [0, 0.05) is 13.2 Å². The van der Waals surface area contributed by atoms with Crippen molar-refractivity contribution in [1.82, 2.24) is 15.0 Å². The van der Waals surface area contributed by atoms with Crippen molar-refractivity contribution in [3.63, 3.8) is 0 Å². The Kier molecular flexibility index (Phi) is 0.922. The fraction of sp³-hybridized carbons (Fsp3) is 0.667. The van der Waals surface area contributed by atoms with Crippen molar-refractivity contribution in [3.05, 3.63) is 11.9 Å². The van der Waals surface area contributed by atoms with E-state index in [9.17, 15) is 0 Å². The molecule has 1 heterocycles. The molecule has 0 unspecified atom stereocenters. The molecule has 1 aliphatic rings. The molecular formula is C6H10N4. The molecule has 2 N–H and O–H groups in total. The topological polar surface area (TPSA) is 56.7 Å². The third-order valence-electron chi connectivity index (χ3n) is 1.90. The van der Waals surface area contributed by atoms with E-state index >= 15 is 0 Å². The molecule has 1 aliphatic carbocycles. The van der Waals surface area contributed by atoms with Gasteiger partial charge in [-0.2, -0.15) is 0 Å². The summed E-state index contributed by atoms with van der Waals surface area (Å²) in [7, 11) is 1.85. The minimum Gasteiger partial charge on any atom is -0.320 e. The van der Waals surface area contributed by atoms with Crippen LogP contribution in [0.4, 0.5) is 0 Å². The summed E-state index contributed by atoms with van der Waals surface area (Å²) in [4.78, 5) is 0. The third kappa shape index (κ3) is 0.724. The molecular weight excluding hydrogens is 128 g/mol. The smallest absolute Gasteiger partial charge is 0.102 e. The summed E-state index contributed by atoms with van der Waals surface area (Å²) in [5.74, 6) is 0. The van der Waals surface area contributed by atoms with Crippen LogP contribution in [0.25, 0.3) is 0 Å². The van der Waals surface area contributed by atoms with E-state index < -0.39 is 0 Å². The molecule has 1 aromatic heterocycles. The van der Waals surface area contributed by atoms with Crippen LogP contribution < -0.4 is 5.73 Å². The number of rotatable bonds is 1. The summed E-state index contributed by atoms with van der Waals surface area (Å²) < 4.78 is 1.68. The first-order chi connectivity index (χ1) is 4.71. The molecule has 1 saturated carbocycles. The van der Waals surface area contributed by atoms with Gasteiger partial charge in [0.15, 0.2) is 0 Å². The maximum Gasteiger partial charge on any atom is 0.102 e. The van der Waals surface area contributed by atoms with Crippen molar-refractivity contribution in [1.29, 1.82) is 0 Å². The number of aryl methyl sites for hydroxylation is 1. The van der Waals surface area contributed by atoms with Crippen LogP contribution in [0.2, 0.25) is 0 Å². The van der Waals surface area contributed by atoms with E-state index in [4.69, 9.17) is 5.73 Å². The van der Waals surface area contributed by atoms with E-state index in [-0.39, 0.29) is 5.54 Å². The van der Waals surface area contributed by atoms with Crippen LogP contribution in [0.3, 0.4) is 0 Å². The van der Waals surface area contributed by atoms with Gasteiger partial charge in [0.1, 0.15) is 5.69 Å². The molecule has 4 heteroatoms. The van der Waals surface area contributed by atoms with Crippen molar-refractivity contribution in [2.45, 2.75) is 18.4 Å². The fourth-order valence-corrected chi connectivity index (χ4v) is 0.966. The Labute approximate surface area is 59.0 Å². The zero-order valence-electron chi connectivity index (χ0n) is 5.91. The standard InChI is InChI=1S/C6H10N4/c1-10-4-5(8-9-10)6(7)2-3-6/h4H,2-3,7H2,1H3. The Balaban J connectivity index is 2.34. The van der Waals surface area contributed by atoms with Gasteiger partial charge in [0.2, 0.25) is 0 Å². The lowest BCUT2D eigenvalue weighted by Crippen LogP contribution is -2.19. The van der Waals surface area contributed by atoms with E-state index in [1.165, 1.54) is 0 Å². The second-order valence-electron chi connectivity index (χ2n) is 2.93. The highest BCUT2D eigenvalue weighted by Gasteiger charge is 2.42. The molecule has 0 radical (unpaired) electrons. The summed E-state index contributed by atoms with van der Waals surface area (Å²) in [6, 6.07) is 0. The maximum atomic E-state index is 5.87. The van der Waals surface area contributed by atoms with Crippen LogP contribution in [0.1, 0.15) is 18.5 Å². The minimum atomic E-state index is -0.131. The van der Waals surface area contributed by atoms with Gasteiger partial charge in [-0.1, -0.05) is 5.21 Å². The lowest BCUT2D eigenvalue weighted by molar-refractivity contribution is 0.688. The normalized spacial score (nSPS) is 21.0. The number of nitrogens with zero attached hydrogens (tertiary/aromatic N) is 3. The van der Waals surface area contributed by atoms with Gasteiger partial charge in [-0.3, -0.25) is 4.68 Å². The highest BCUT2D eigenvalue weighted by Crippen LogP contribution is 2.41. The average molecular weight is 138 g/mol. The first-order valence-corrected chi connectivity index (χ1v) is 3.36. The molecule has 0 aromatic carbocycles. The zero-order chi connectivity index (χ0) is 7.19. The lowest BCUT2D eigenvalue weighted by atomic mass is 10.2. The molecule has 1 aromatic rings. The van der Waals surface area contributed by atoms with Gasteiger partial charge in [-0.05, 0) is 12.8 Å². The maximum absolute atomic E-state index is 5.87. The number of aromatic nitrogens is 3. The van der Waals surface area contributed by atoms with Gasteiger partial charge in [-0.15, -0.1) is 5.10 Å². The SMILES string of the molecule is Cn1cc(C2(N)CC2)nn1. The highest BCUT2D eigenvalue weighted by atomic mass is 15.4. The van der Waals surface area contributed by atoms with Crippen LogP contribution in [0.5, 0.6) is 0 Å². The fourth-order valence-electron chi connectivity index (χ4n) is 0.966. The van der Waals surface area contributed by atoms with Crippen molar-refractivity contribution in [2.75, 3.05) is 0 Å². The first kappa shape index (κ1) is 5.85.